The maximum Gasteiger partial charge on any atom is 0.387 e. The van der Waals surface area contributed by atoms with E-state index in [9.17, 15) is 23.2 Å². The van der Waals surface area contributed by atoms with Gasteiger partial charge < -0.3 is 10.1 Å². The van der Waals surface area contributed by atoms with Crippen LogP contribution in [0.3, 0.4) is 0 Å². The molecule has 2 rings (SSSR count). The zero-order valence-electron chi connectivity index (χ0n) is 14.0. The number of alkyl halides is 2. The zero-order valence-corrected chi connectivity index (χ0v) is 14.0. The lowest BCUT2D eigenvalue weighted by molar-refractivity contribution is -0.112. The van der Waals surface area contributed by atoms with Gasteiger partial charge in [0.15, 0.2) is 0 Å². The van der Waals surface area contributed by atoms with Gasteiger partial charge in [-0.1, -0.05) is 12.1 Å². The van der Waals surface area contributed by atoms with E-state index < -0.39 is 18.3 Å². The molecule has 0 spiro atoms. The Labute approximate surface area is 148 Å². The quantitative estimate of drug-likeness (QED) is 0.627. The predicted molar refractivity (Wildman–Crippen MR) is 91.2 cm³/mol. The number of rotatable bonds is 5. The number of carbonyl (C=O) groups excluding carboxylic acids is 1. The SMILES string of the molecule is Cc1cc(/C=C(\C#N)C(=O)Nc2ccccc2F)cc(C)c1OC(F)F. The van der Waals surface area contributed by atoms with Gasteiger partial charge in [-0.05, 0) is 60.9 Å². The van der Waals surface area contributed by atoms with Gasteiger partial charge in [0, 0.05) is 0 Å². The van der Waals surface area contributed by atoms with Crippen molar-refractivity contribution in [2.75, 3.05) is 5.32 Å². The number of ether oxygens (including phenoxy) is 1. The van der Waals surface area contributed by atoms with Crippen molar-refractivity contribution < 1.29 is 22.7 Å². The largest absolute Gasteiger partial charge is 0.434 e. The summed E-state index contributed by atoms with van der Waals surface area (Å²) in [5.41, 5.74) is 1.02. The summed E-state index contributed by atoms with van der Waals surface area (Å²) in [7, 11) is 0. The first kappa shape index (κ1) is 19.1. The normalized spacial score (nSPS) is 11.2. The lowest BCUT2D eigenvalue weighted by Crippen LogP contribution is -2.14. The van der Waals surface area contributed by atoms with Gasteiger partial charge in [0.25, 0.3) is 5.91 Å². The van der Waals surface area contributed by atoms with Crippen molar-refractivity contribution in [3.05, 3.63) is 64.5 Å². The Bertz CT molecular complexity index is 879. The Morgan fingerprint density at radius 1 is 1.23 bits per heavy atom. The summed E-state index contributed by atoms with van der Waals surface area (Å²) >= 11 is 0. The maximum atomic E-state index is 13.6. The number of carbonyl (C=O) groups is 1. The molecular weight excluding hydrogens is 345 g/mol. The van der Waals surface area contributed by atoms with Crippen LogP contribution >= 0.6 is 0 Å². The van der Waals surface area contributed by atoms with E-state index in [0.29, 0.717) is 16.7 Å². The molecule has 134 valence electrons. The first-order valence-corrected chi connectivity index (χ1v) is 7.55. The number of anilines is 1. The van der Waals surface area contributed by atoms with Crippen molar-refractivity contribution >= 4 is 17.7 Å². The molecule has 4 nitrogen and oxygen atoms in total. The Balaban J connectivity index is 2.30. The van der Waals surface area contributed by atoms with Gasteiger partial charge in [0.05, 0.1) is 5.69 Å². The molecule has 0 atom stereocenters. The molecule has 0 aromatic heterocycles. The summed E-state index contributed by atoms with van der Waals surface area (Å²) in [5, 5.41) is 11.5. The van der Waals surface area contributed by atoms with Crippen LogP contribution in [0.1, 0.15) is 16.7 Å². The average Bonchev–Trinajstić information content (AvgIpc) is 2.57. The molecule has 0 fully saturated rings. The lowest BCUT2D eigenvalue weighted by atomic mass is 10.0. The first-order chi connectivity index (χ1) is 12.3. The highest BCUT2D eigenvalue weighted by Crippen LogP contribution is 2.27. The summed E-state index contributed by atoms with van der Waals surface area (Å²) in [6.07, 6.45) is 1.29. The summed E-state index contributed by atoms with van der Waals surface area (Å²) in [6, 6.07) is 10.3. The Morgan fingerprint density at radius 3 is 2.38 bits per heavy atom. The van der Waals surface area contributed by atoms with E-state index in [4.69, 9.17) is 0 Å². The van der Waals surface area contributed by atoms with E-state index in [1.807, 2.05) is 0 Å². The van der Waals surface area contributed by atoms with Gasteiger partial charge in [0.1, 0.15) is 23.2 Å². The van der Waals surface area contributed by atoms with Gasteiger partial charge in [-0.3, -0.25) is 4.79 Å². The molecule has 26 heavy (non-hydrogen) atoms. The van der Waals surface area contributed by atoms with Crippen LogP contribution in [0.5, 0.6) is 5.75 Å². The first-order valence-electron chi connectivity index (χ1n) is 7.55. The van der Waals surface area contributed by atoms with Gasteiger partial charge in [-0.25, -0.2) is 4.39 Å². The summed E-state index contributed by atoms with van der Waals surface area (Å²) in [6.45, 7) is 0.205. The standard InChI is InChI=1S/C19H15F3N2O2/c1-11-7-13(8-12(2)17(11)26-19(21)22)9-14(10-23)18(25)24-16-6-4-3-5-15(16)20/h3-9,19H,1-2H3,(H,24,25)/b14-9+. The van der Waals surface area contributed by atoms with Gasteiger partial charge in [-0.2, -0.15) is 14.0 Å². The number of hydrogen-bond acceptors (Lipinski definition) is 3. The Kier molecular flexibility index (Phi) is 6.02. The number of halogens is 3. The average molecular weight is 360 g/mol. The van der Waals surface area contributed by atoms with Crippen molar-refractivity contribution in [2.24, 2.45) is 0 Å². The predicted octanol–water partition coefficient (Wildman–Crippen LogP) is 4.59. The summed E-state index contributed by atoms with van der Waals surface area (Å²) in [4.78, 5) is 12.2. The molecule has 0 aliphatic heterocycles. The molecule has 2 aromatic carbocycles. The Morgan fingerprint density at radius 2 is 1.85 bits per heavy atom. The third kappa shape index (κ3) is 4.63. The summed E-state index contributed by atoms with van der Waals surface area (Å²) < 4.78 is 42.9. The van der Waals surface area contributed by atoms with Crippen molar-refractivity contribution in [3.8, 4) is 11.8 Å². The monoisotopic (exact) mass is 360 g/mol. The topological polar surface area (TPSA) is 62.1 Å². The minimum atomic E-state index is -2.95. The molecule has 1 amide bonds. The fraction of sp³-hybridized carbons (Fsp3) is 0.158. The van der Waals surface area contributed by atoms with Crippen LogP contribution in [0.2, 0.25) is 0 Å². The number of amides is 1. The Hall–Kier alpha value is -3.27. The van der Waals surface area contributed by atoms with Crippen LogP contribution in [0.15, 0.2) is 42.0 Å². The van der Waals surface area contributed by atoms with Crippen molar-refractivity contribution in [3.63, 3.8) is 0 Å². The number of nitriles is 1. The van der Waals surface area contributed by atoms with Crippen LogP contribution < -0.4 is 10.1 Å². The van der Waals surface area contributed by atoms with E-state index in [-0.39, 0.29) is 17.0 Å². The minimum absolute atomic E-state index is 0.0477. The second kappa shape index (κ2) is 8.21. The van der Waals surface area contributed by atoms with E-state index >= 15 is 0 Å². The van der Waals surface area contributed by atoms with Crippen molar-refractivity contribution in [2.45, 2.75) is 20.5 Å². The highest BCUT2D eigenvalue weighted by molar-refractivity contribution is 6.09. The maximum absolute atomic E-state index is 13.6. The molecule has 7 heteroatoms. The summed E-state index contributed by atoms with van der Waals surface area (Å²) in [5.74, 6) is -1.36. The van der Waals surface area contributed by atoms with Gasteiger partial charge >= 0.3 is 6.61 Å². The van der Waals surface area contributed by atoms with Crippen LogP contribution in [0, 0.1) is 31.0 Å². The highest BCUT2D eigenvalue weighted by atomic mass is 19.3. The van der Waals surface area contributed by atoms with Crippen LogP contribution in [0.4, 0.5) is 18.9 Å². The van der Waals surface area contributed by atoms with Gasteiger partial charge in [0.2, 0.25) is 0 Å². The lowest BCUT2D eigenvalue weighted by Gasteiger charge is -2.12. The fourth-order valence-corrected chi connectivity index (χ4v) is 2.41. The molecule has 0 radical (unpaired) electrons. The fourth-order valence-electron chi connectivity index (χ4n) is 2.41. The molecule has 2 aromatic rings. The number of nitrogens with zero attached hydrogens (tertiary/aromatic N) is 1. The molecule has 0 saturated heterocycles. The van der Waals surface area contributed by atoms with Crippen LogP contribution in [0.25, 0.3) is 6.08 Å². The third-order valence-corrected chi connectivity index (χ3v) is 3.49. The van der Waals surface area contributed by atoms with E-state index in [2.05, 4.69) is 10.1 Å². The highest BCUT2D eigenvalue weighted by Gasteiger charge is 2.14. The van der Waals surface area contributed by atoms with Crippen LogP contribution in [-0.2, 0) is 4.79 Å². The molecule has 0 heterocycles. The van der Waals surface area contributed by atoms with Crippen molar-refractivity contribution in [1.82, 2.24) is 0 Å². The van der Waals surface area contributed by atoms with E-state index in [1.54, 1.807) is 26.0 Å². The van der Waals surface area contributed by atoms with Gasteiger partial charge in [-0.15, -0.1) is 0 Å². The number of nitrogens with one attached hydrogen (secondary N) is 1. The molecule has 0 aliphatic rings. The smallest absolute Gasteiger partial charge is 0.387 e. The molecule has 0 aliphatic carbocycles. The minimum Gasteiger partial charge on any atom is -0.434 e. The second-order valence-corrected chi connectivity index (χ2v) is 5.47. The molecule has 0 saturated carbocycles. The number of aryl methyl sites for hydroxylation is 2. The molecular formula is C19H15F3N2O2. The second-order valence-electron chi connectivity index (χ2n) is 5.47. The third-order valence-electron chi connectivity index (χ3n) is 3.49. The molecule has 1 N–H and O–H groups in total. The zero-order chi connectivity index (χ0) is 19.3. The number of hydrogen-bond donors (Lipinski definition) is 1. The molecule has 0 bridgehead atoms. The molecule has 0 unspecified atom stereocenters. The number of benzene rings is 2. The van der Waals surface area contributed by atoms with Crippen LogP contribution in [-0.4, -0.2) is 12.5 Å². The van der Waals surface area contributed by atoms with E-state index in [1.165, 1.54) is 36.4 Å². The van der Waals surface area contributed by atoms with E-state index in [0.717, 1.165) is 0 Å². The van der Waals surface area contributed by atoms with Crippen molar-refractivity contribution in [1.29, 1.82) is 5.26 Å². The number of para-hydroxylation sites is 1.